The van der Waals surface area contributed by atoms with Gasteiger partial charge in [-0.15, -0.1) is 0 Å². The summed E-state index contributed by atoms with van der Waals surface area (Å²) in [6.07, 6.45) is 23.8. The highest BCUT2D eigenvalue weighted by Crippen LogP contribution is 2.28. The SMILES string of the molecule is CCCCCCCCCCCOc1ccc(-c2cc(-c3ccc(OCCCCCCCCCCC)cc3)on2)cc1. The summed E-state index contributed by atoms with van der Waals surface area (Å²) in [5.74, 6) is 2.58. The van der Waals surface area contributed by atoms with Crippen molar-refractivity contribution in [2.45, 2.75) is 129 Å². The number of rotatable bonds is 24. The van der Waals surface area contributed by atoms with Crippen molar-refractivity contribution in [2.24, 2.45) is 0 Å². The lowest BCUT2D eigenvalue weighted by Gasteiger charge is -2.07. The van der Waals surface area contributed by atoms with Crippen molar-refractivity contribution < 1.29 is 14.0 Å². The maximum Gasteiger partial charge on any atom is 0.167 e. The molecule has 0 fully saturated rings. The van der Waals surface area contributed by atoms with Crippen LogP contribution < -0.4 is 9.47 Å². The second-order valence-corrected chi connectivity index (χ2v) is 11.5. The van der Waals surface area contributed by atoms with E-state index in [1.54, 1.807) is 0 Å². The minimum Gasteiger partial charge on any atom is -0.494 e. The number of nitrogens with zero attached hydrogens (tertiary/aromatic N) is 1. The van der Waals surface area contributed by atoms with Gasteiger partial charge in [-0.05, 0) is 61.4 Å². The predicted octanol–water partition coefficient (Wildman–Crippen LogP) is 11.8. The van der Waals surface area contributed by atoms with Gasteiger partial charge in [0.1, 0.15) is 17.2 Å². The summed E-state index contributed by atoms with van der Waals surface area (Å²) in [6.45, 7) is 6.10. The molecule has 4 nitrogen and oxygen atoms in total. The second-order valence-electron chi connectivity index (χ2n) is 11.5. The highest BCUT2D eigenvalue weighted by molar-refractivity contribution is 5.67. The number of hydrogen-bond acceptors (Lipinski definition) is 4. The van der Waals surface area contributed by atoms with Crippen LogP contribution in [0.2, 0.25) is 0 Å². The number of ether oxygens (including phenoxy) is 2. The van der Waals surface area contributed by atoms with Gasteiger partial charge in [-0.3, -0.25) is 0 Å². The zero-order chi connectivity index (χ0) is 28.8. The van der Waals surface area contributed by atoms with Gasteiger partial charge in [0.05, 0.1) is 13.2 Å². The van der Waals surface area contributed by atoms with Crippen LogP contribution in [-0.4, -0.2) is 18.4 Å². The Bertz CT molecular complexity index is 943. The van der Waals surface area contributed by atoms with E-state index in [0.29, 0.717) is 0 Å². The molecule has 0 N–H and O–H groups in total. The fourth-order valence-electron chi connectivity index (χ4n) is 5.19. The zero-order valence-corrected chi connectivity index (χ0v) is 26.0. The molecule has 3 aromatic rings. The minimum atomic E-state index is 0.760. The molecule has 0 unspecified atom stereocenters. The Hall–Kier alpha value is -2.75. The Morgan fingerprint density at radius 2 is 0.878 bits per heavy atom. The van der Waals surface area contributed by atoms with E-state index in [2.05, 4.69) is 31.1 Å². The largest absolute Gasteiger partial charge is 0.494 e. The molecule has 1 heterocycles. The first kappa shape index (κ1) is 32.8. The van der Waals surface area contributed by atoms with E-state index in [1.807, 2.05) is 42.5 Å². The summed E-state index contributed by atoms with van der Waals surface area (Å²) >= 11 is 0. The molecule has 4 heteroatoms. The maximum absolute atomic E-state index is 5.96. The van der Waals surface area contributed by atoms with Gasteiger partial charge in [-0.2, -0.15) is 0 Å². The number of aromatic nitrogens is 1. The maximum atomic E-state index is 5.96. The highest BCUT2D eigenvalue weighted by atomic mass is 16.5. The van der Waals surface area contributed by atoms with E-state index < -0.39 is 0 Å². The topological polar surface area (TPSA) is 44.5 Å². The highest BCUT2D eigenvalue weighted by Gasteiger charge is 2.09. The lowest BCUT2D eigenvalue weighted by Crippen LogP contribution is -1.97. The summed E-state index contributed by atoms with van der Waals surface area (Å²) in [5, 5.41) is 4.30. The molecule has 41 heavy (non-hydrogen) atoms. The number of hydrogen-bond donors (Lipinski definition) is 0. The molecule has 0 radical (unpaired) electrons. The third-order valence-corrected chi connectivity index (χ3v) is 7.83. The van der Waals surface area contributed by atoms with Crippen LogP contribution >= 0.6 is 0 Å². The van der Waals surface area contributed by atoms with E-state index >= 15 is 0 Å². The number of unbranched alkanes of at least 4 members (excludes halogenated alkanes) is 16. The van der Waals surface area contributed by atoms with E-state index in [-0.39, 0.29) is 0 Å². The monoisotopic (exact) mass is 561 g/mol. The molecule has 0 spiro atoms. The molecule has 0 atom stereocenters. The Balaban J connectivity index is 1.30. The summed E-state index contributed by atoms with van der Waals surface area (Å²) in [5.41, 5.74) is 2.85. The van der Waals surface area contributed by atoms with Gasteiger partial charge >= 0.3 is 0 Å². The first-order valence-electron chi connectivity index (χ1n) is 16.7. The number of benzene rings is 2. The molecule has 3 rings (SSSR count). The van der Waals surface area contributed by atoms with Crippen molar-refractivity contribution in [1.29, 1.82) is 0 Å². The third kappa shape index (κ3) is 13.6. The lowest BCUT2D eigenvalue weighted by atomic mass is 10.1. The van der Waals surface area contributed by atoms with Crippen molar-refractivity contribution in [1.82, 2.24) is 5.16 Å². The molecule has 0 aliphatic carbocycles. The van der Waals surface area contributed by atoms with E-state index in [4.69, 9.17) is 14.0 Å². The van der Waals surface area contributed by atoms with Gasteiger partial charge < -0.3 is 14.0 Å². The lowest BCUT2D eigenvalue weighted by molar-refractivity contribution is 0.304. The summed E-state index contributed by atoms with van der Waals surface area (Å²) in [4.78, 5) is 0. The average Bonchev–Trinajstić information content (AvgIpc) is 3.50. The summed E-state index contributed by atoms with van der Waals surface area (Å²) in [7, 11) is 0. The minimum absolute atomic E-state index is 0.760. The third-order valence-electron chi connectivity index (χ3n) is 7.83. The van der Waals surface area contributed by atoms with Crippen LogP contribution in [0.3, 0.4) is 0 Å². The standard InChI is InChI=1S/C37H55NO3/c1-3-5-7-9-11-13-15-17-19-29-39-34-25-21-32(22-26-34)36-31-37(41-38-36)33-23-27-35(28-24-33)40-30-20-18-16-14-12-10-8-6-4-2/h21-28,31H,3-20,29-30H2,1-2H3. The van der Waals surface area contributed by atoms with Crippen molar-refractivity contribution in [3.8, 4) is 34.1 Å². The van der Waals surface area contributed by atoms with Crippen molar-refractivity contribution >= 4 is 0 Å². The quantitative estimate of drug-likeness (QED) is 0.102. The molecule has 0 aliphatic rings. The summed E-state index contributed by atoms with van der Waals surface area (Å²) < 4.78 is 17.6. The molecule has 0 bridgehead atoms. The molecule has 0 amide bonds. The molecule has 0 saturated heterocycles. The fraction of sp³-hybridized carbons (Fsp3) is 0.595. The van der Waals surface area contributed by atoms with Gasteiger partial charge in [0, 0.05) is 17.2 Å². The Morgan fingerprint density at radius 1 is 0.488 bits per heavy atom. The van der Waals surface area contributed by atoms with E-state index in [9.17, 15) is 0 Å². The van der Waals surface area contributed by atoms with Crippen molar-refractivity contribution in [3.05, 3.63) is 54.6 Å². The van der Waals surface area contributed by atoms with Crippen LogP contribution in [0.5, 0.6) is 11.5 Å². The fourth-order valence-corrected chi connectivity index (χ4v) is 5.19. The first-order valence-corrected chi connectivity index (χ1v) is 16.7. The van der Waals surface area contributed by atoms with Gasteiger partial charge in [0.15, 0.2) is 5.76 Å². The molecular weight excluding hydrogens is 506 g/mol. The normalized spacial score (nSPS) is 11.2. The molecule has 226 valence electrons. The molecule has 2 aromatic carbocycles. The summed E-state index contributed by atoms with van der Waals surface area (Å²) in [6, 6.07) is 18.3. The van der Waals surface area contributed by atoms with E-state index in [0.717, 1.165) is 60.1 Å². The van der Waals surface area contributed by atoms with Crippen molar-refractivity contribution in [3.63, 3.8) is 0 Å². The molecule has 1 aromatic heterocycles. The second kappa shape index (κ2) is 21.0. The Labute approximate surface area is 250 Å². The molecule has 0 saturated carbocycles. The molecule has 0 aliphatic heterocycles. The molecular formula is C37H55NO3. The van der Waals surface area contributed by atoms with Crippen LogP contribution in [0.1, 0.15) is 129 Å². The van der Waals surface area contributed by atoms with Gasteiger partial charge in [0.25, 0.3) is 0 Å². The van der Waals surface area contributed by atoms with Crippen LogP contribution in [0, 0.1) is 0 Å². The Morgan fingerprint density at radius 3 is 1.32 bits per heavy atom. The van der Waals surface area contributed by atoms with Gasteiger partial charge in [-0.25, -0.2) is 0 Å². The van der Waals surface area contributed by atoms with Gasteiger partial charge in [-0.1, -0.05) is 122 Å². The zero-order valence-electron chi connectivity index (χ0n) is 26.0. The van der Waals surface area contributed by atoms with Gasteiger partial charge in [0.2, 0.25) is 0 Å². The predicted molar refractivity (Wildman–Crippen MR) is 173 cm³/mol. The van der Waals surface area contributed by atoms with Crippen LogP contribution in [0.4, 0.5) is 0 Å². The average molecular weight is 562 g/mol. The smallest absolute Gasteiger partial charge is 0.167 e. The van der Waals surface area contributed by atoms with Crippen LogP contribution in [0.15, 0.2) is 59.1 Å². The van der Waals surface area contributed by atoms with Crippen LogP contribution in [0.25, 0.3) is 22.6 Å². The Kier molecular flexibility index (Phi) is 16.8. The van der Waals surface area contributed by atoms with Crippen LogP contribution in [-0.2, 0) is 0 Å². The van der Waals surface area contributed by atoms with E-state index in [1.165, 1.54) is 103 Å². The van der Waals surface area contributed by atoms with Crippen molar-refractivity contribution in [2.75, 3.05) is 13.2 Å². The first-order chi connectivity index (χ1) is 20.3.